The third-order valence-electron chi connectivity index (χ3n) is 4.69. The number of alkyl carbamates (subject to hydrolysis) is 1. The lowest BCUT2D eigenvalue weighted by Gasteiger charge is -2.33. The SMILES string of the molecule is CC(C)(C)OC(=O)N[C@H](C(=O)N1CC(F)(F)C(F)(F)C1)C1CCCCC1. The lowest BCUT2D eigenvalue weighted by molar-refractivity contribution is -0.172. The van der Waals surface area contributed by atoms with Crippen LogP contribution >= 0.6 is 0 Å². The van der Waals surface area contributed by atoms with Crippen LogP contribution in [0.4, 0.5) is 22.4 Å². The number of nitrogens with zero attached hydrogens (tertiary/aromatic N) is 1. The van der Waals surface area contributed by atoms with Crippen LogP contribution in [0.3, 0.4) is 0 Å². The van der Waals surface area contributed by atoms with E-state index in [0.29, 0.717) is 17.7 Å². The van der Waals surface area contributed by atoms with Gasteiger partial charge in [-0.1, -0.05) is 19.3 Å². The zero-order chi connectivity index (χ0) is 19.8. The van der Waals surface area contributed by atoms with Gasteiger partial charge in [0.15, 0.2) is 0 Å². The first kappa shape index (κ1) is 20.8. The number of likely N-dealkylation sites (tertiary alicyclic amines) is 1. The van der Waals surface area contributed by atoms with Gasteiger partial charge < -0.3 is 15.0 Å². The van der Waals surface area contributed by atoms with E-state index < -0.39 is 48.6 Å². The molecule has 26 heavy (non-hydrogen) atoms. The van der Waals surface area contributed by atoms with Crippen molar-refractivity contribution in [2.75, 3.05) is 13.1 Å². The van der Waals surface area contributed by atoms with E-state index >= 15 is 0 Å². The molecule has 150 valence electrons. The van der Waals surface area contributed by atoms with E-state index in [0.717, 1.165) is 19.3 Å². The van der Waals surface area contributed by atoms with E-state index in [4.69, 9.17) is 4.74 Å². The standard InChI is InChI=1S/C17H26F4N2O3/c1-15(2,3)26-14(25)22-12(11-7-5-4-6-8-11)13(24)23-9-16(18,19)17(20,21)10-23/h11-12H,4-10H2,1-3H3,(H,22,25)/t12-/m0/s1. The molecule has 2 fully saturated rings. The molecular weight excluding hydrogens is 356 g/mol. The smallest absolute Gasteiger partial charge is 0.408 e. The van der Waals surface area contributed by atoms with Crippen molar-refractivity contribution in [1.29, 1.82) is 0 Å². The van der Waals surface area contributed by atoms with Crippen LogP contribution in [0.15, 0.2) is 0 Å². The summed E-state index contributed by atoms with van der Waals surface area (Å²) >= 11 is 0. The van der Waals surface area contributed by atoms with Crippen molar-refractivity contribution >= 4 is 12.0 Å². The molecule has 1 aliphatic heterocycles. The van der Waals surface area contributed by atoms with Gasteiger partial charge in [0.1, 0.15) is 11.6 Å². The largest absolute Gasteiger partial charge is 0.444 e. The number of amides is 2. The minimum absolute atomic E-state index is 0.286. The van der Waals surface area contributed by atoms with E-state index in [1.807, 2.05) is 0 Å². The van der Waals surface area contributed by atoms with Gasteiger partial charge in [-0.05, 0) is 39.5 Å². The Bertz CT molecular complexity index is 527. The zero-order valence-corrected chi connectivity index (χ0v) is 15.3. The molecule has 5 nitrogen and oxygen atoms in total. The summed E-state index contributed by atoms with van der Waals surface area (Å²) in [6.07, 6.45) is 3.01. The van der Waals surface area contributed by atoms with Crippen molar-refractivity contribution in [2.45, 2.75) is 76.4 Å². The van der Waals surface area contributed by atoms with Crippen LogP contribution in [0.25, 0.3) is 0 Å². The molecule has 2 amide bonds. The van der Waals surface area contributed by atoms with Crippen LogP contribution in [0.5, 0.6) is 0 Å². The molecule has 9 heteroatoms. The molecule has 1 atom stereocenters. The summed E-state index contributed by atoms with van der Waals surface area (Å²) in [6, 6.07) is -1.14. The summed E-state index contributed by atoms with van der Waals surface area (Å²) in [6.45, 7) is 2.24. The number of nitrogens with one attached hydrogen (secondary N) is 1. The summed E-state index contributed by atoms with van der Waals surface area (Å²) in [5.74, 6) is -9.73. The fourth-order valence-electron chi connectivity index (χ4n) is 3.40. The van der Waals surface area contributed by atoms with Crippen molar-refractivity contribution in [3.63, 3.8) is 0 Å². The number of alkyl halides is 4. The van der Waals surface area contributed by atoms with E-state index in [1.54, 1.807) is 20.8 Å². The second-order valence-electron chi connectivity index (χ2n) is 8.13. The van der Waals surface area contributed by atoms with Gasteiger partial charge in [0.25, 0.3) is 0 Å². The molecule has 1 saturated heterocycles. The third-order valence-corrected chi connectivity index (χ3v) is 4.69. The van der Waals surface area contributed by atoms with Gasteiger partial charge >= 0.3 is 17.9 Å². The highest BCUT2D eigenvalue weighted by atomic mass is 19.3. The fraction of sp³-hybridized carbons (Fsp3) is 0.882. The molecule has 0 unspecified atom stereocenters. The lowest BCUT2D eigenvalue weighted by Crippen LogP contribution is -2.53. The maximum absolute atomic E-state index is 13.5. The second-order valence-corrected chi connectivity index (χ2v) is 8.13. The van der Waals surface area contributed by atoms with Crippen molar-refractivity contribution < 1.29 is 31.9 Å². The van der Waals surface area contributed by atoms with Crippen LogP contribution in [-0.4, -0.2) is 53.5 Å². The average Bonchev–Trinajstić information content (AvgIpc) is 2.71. The van der Waals surface area contributed by atoms with E-state index in [1.165, 1.54) is 0 Å². The van der Waals surface area contributed by atoms with Crippen molar-refractivity contribution in [2.24, 2.45) is 5.92 Å². The highest BCUT2D eigenvalue weighted by molar-refractivity contribution is 5.86. The fourth-order valence-corrected chi connectivity index (χ4v) is 3.40. The minimum Gasteiger partial charge on any atom is -0.444 e. The molecular formula is C17H26F4N2O3. The lowest BCUT2D eigenvalue weighted by atomic mass is 9.83. The molecule has 0 aromatic heterocycles. The molecule has 1 heterocycles. The molecule has 0 aromatic rings. The van der Waals surface area contributed by atoms with Gasteiger partial charge in [-0.3, -0.25) is 4.79 Å². The summed E-state index contributed by atoms with van der Waals surface area (Å²) in [5, 5.41) is 2.43. The Labute approximate surface area is 150 Å². The Hall–Kier alpha value is -1.54. The van der Waals surface area contributed by atoms with Gasteiger partial charge in [-0.15, -0.1) is 0 Å². The van der Waals surface area contributed by atoms with E-state index in [2.05, 4.69) is 5.32 Å². The molecule has 0 radical (unpaired) electrons. The second kappa shape index (κ2) is 7.23. The van der Waals surface area contributed by atoms with Crippen LogP contribution in [0.2, 0.25) is 0 Å². The molecule has 0 spiro atoms. The molecule has 1 N–H and O–H groups in total. The first-order chi connectivity index (χ1) is 11.8. The van der Waals surface area contributed by atoms with Gasteiger partial charge in [-0.2, -0.15) is 17.6 Å². The van der Waals surface area contributed by atoms with Crippen LogP contribution < -0.4 is 5.32 Å². The first-order valence-electron chi connectivity index (χ1n) is 8.86. The topological polar surface area (TPSA) is 58.6 Å². The van der Waals surface area contributed by atoms with Crippen LogP contribution in [0, 0.1) is 5.92 Å². The summed E-state index contributed by atoms with van der Waals surface area (Å²) < 4.78 is 59.0. The molecule has 1 saturated carbocycles. The first-order valence-corrected chi connectivity index (χ1v) is 8.86. The number of rotatable bonds is 3. The Morgan fingerprint density at radius 3 is 2.00 bits per heavy atom. The molecule has 2 aliphatic rings. The number of hydrogen-bond acceptors (Lipinski definition) is 3. The Morgan fingerprint density at radius 2 is 1.54 bits per heavy atom. The summed E-state index contributed by atoms with van der Waals surface area (Å²) in [5.41, 5.74) is -0.808. The average molecular weight is 382 g/mol. The third kappa shape index (κ3) is 4.79. The summed E-state index contributed by atoms with van der Waals surface area (Å²) in [4.78, 5) is 25.3. The summed E-state index contributed by atoms with van der Waals surface area (Å²) in [7, 11) is 0. The Balaban J connectivity index is 2.15. The number of carbonyl (C=O) groups is 2. The Morgan fingerprint density at radius 1 is 1.04 bits per heavy atom. The number of halogens is 4. The predicted molar refractivity (Wildman–Crippen MR) is 86.2 cm³/mol. The van der Waals surface area contributed by atoms with Crippen LogP contribution in [0.1, 0.15) is 52.9 Å². The maximum atomic E-state index is 13.5. The molecule has 0 bridgehead atoms. The van der Waals surface area contributed by atoms with Gasteiger partial charge in [0.2, 0.25) is 5.91 Å². The molecule has 2 rings (SSSR count). The zero-order valence-electron chi connectivity index (χ0n) is 15.3. The Kier molecular flexibility index (Phi) is 5.77. The van der Waals surface area contributed by atoms with Crippen LogP contribution in [-0.2, 0) is 9.53 Å². The predicted octanol–water partition coefficient (Wildman–Crippen LogP) is 3.57. The van der Waals surface area contributed by atoms with E-state index in [9.17, 15) is 27.2 Å². The highest BCUT2D eigenvalue weighted by Crippen LogP contribution is 2.41. The van der Waals surface area contributed by atoms with Gasteiger partial charge in [0.05, 0.1) is 13.1 Å². The number of hydrogen-bond donors (Lipinski definition) is 1. The maximum Gasteiger partial charge on any atom is 0.408 e. The normalized spacial score (nSPS) is 24.2. The van der Waals surface area contributed by atoms with Crippen molar-refractivity contribution in [3.05, 3.63) is 0 Å². The minimum atomic E-state index is -4.27. The monoisotopic (exact) mass is 382 g/mol. The quantitative estimate of drug-likeness (QED) is 0.759. The van der Waals surface area contributed by atoms with Gasteiger partial charge in [-0.25, -0.2) is 4.79 Å². The number of carbonyl (C=O) groups excluding carboxylic acids is 2. The highest BCUT2D eigenvalue weighted by Gasteiger charge is 2.64. The van der Waals surface area contributed by atoms with Gasteiger partial charge in [0, 0.05) is 0 Å². The van der Waals surface area contributed by atoms with Crippen molar-refractivity contribution in [3.8, 4) is 0 Å². The molecule has 0 aromatic carbocycles. The number of ether oxygens (including phenoxy) is 1. The van der Waals surface area contributed by atoms with E-state index in [-0.39, 0.29) is 5.92 Å². The van der Waals surface area contributed by atoms with Crippen molar-refractivity contribution in [1.82, 2.24) is 10.2 Å². The molecule has 1 aliphatic carbocycles.